The number of hydrogen-bond acceptors (Lipinski definition) is 2. The highest BCUT2D eigenvalue weighted by Crippen LogP contribution is 2.29. The van der Waals surface area contributed by atoms with Gasteiger partial charge in [-0.05, 0) is 29.7 Å². The van der Waals surface area contributed by atoms with Crippen LogP contribution in [-0.4, -0.2) is 12.5 Å². The summed E-state index contributed by atoms with van der Waals surface area (Å²) in [5.74, 6) is 0.0216. The van der Waals surface area contributed by atoms with Crippen molar-refractivity contribution in [1.82, 2.24) is 5.32 Å². The molecule has 2 rings (SSSR count). The summed E-state index contributed by atoms with van der Waals surface area (Å²) in [5.41, 5.74) is 8.45. The molecule has 0 aliphatic rings. The van der Waals surface area contributed by atoms with E-state index in [1.165, 1.54) is 0 Å². The van der Waals surface area contributed by atoms with Gasteiger partial charge >= 0.3 is 0 Å². The minimum Gasteiger partial charge on any atom is -0.399 e. The van der Waals surface area contributed by atoms with Crippen LogP contribution in [0.4, 0.5) is 5.69 Å². The van der Waals surface area contributed by atoms with Gasteiger partial charge in [-0.15, -0.1) is 0 Å². The van der Waals surface area contributed by atoms with Crippen molar-refractivity contribution in [2.45, 2.75) is 32.1 Å². The Morgan fingerprint density at radius 2 is 1.78 bits per heavy atom. The monoisotopic (exact) mass is 330 g/mol. The van der Waals surface area contributed by atoms with Crippen molar-refractivity contribution in [3.63, 3.8) is 0 Å². The highest BCUT2D eigenvalue weighted by Gasteiger charge is 2.23. The Kier molecular flexibility index (Phi) is 5.67. The molecule has 0 fully saturated rings. The summed E-state index contributed by atoms with van der Waals surface area (Å²) in [4.78, 5) is 12.1. The molecule has 3 nitrogen and oxygen atoms in total. The fraction of sp³-hybridized carbons (Fsp3) is 0.316. The summed E-state index contributed by atoms with van der Waals surface area (Å²) >= 11 is 6.26. The van der Waals surface area contributed by atoms with Crippen LogP contribution in [0.3, 0.4) is 0 Å². The van der Waals surface area contributed by atoms with Gasteiger partial charge in [0, 0.05) is 29.1 Å². The summed E-state index contributed by atoms with van der Waals surface area (Å²) in [6.45, 7) is 4.69. The van der Waals surface area contributed by atoms with Crippen molar-refractivity contribution in [3.8, 4) is 0 Å². The second-order valence-corrected chi connectivity index (χ2v) is 6.75. The third-order valence-corrected chi connectivity index (χ3v) is 4.34. The number of aryl methyl sites for hydroxylation is 1. The maximum absolute atomic E-state index is 12.1. The van der Waals surface area contributed by atoms with Gasteiger partial charge in [-0.2, -0.15) is 0 Å². The molecule has 0 unspecified atom stereocenters. The molecule has 0 saturated heterocycles. The minimum absolute atomic E-state index is 0.0216. The zero-order chi connectivity index (χ0) is 16.9. The first-order valence-corrected chi connectivity index (χ1v) is 8.13. The van der Waals surface area contributed by atoms with Crippen LogP contribution in [0.2, 0.25) is 5.02 Å². The lowest BCUT2D eigenvalue weighted by atomic mass is 9.84. The second kappa shape index (κ2) is 7.51. The number of benzene rings is 2. The van der Waals surface area contributed by atoms with Gasteiger partial charge in [-0.3, -0.25) is 4.79 Å². The molecule has 3 N–H and O–H groups in total. The molecule has 2 aromatic carbocycles. The maximum Gasteiger partial charge on any atom is 0.220 e. The van der Waals surface area contributed by atoms with E-state index in [-0.39, 0.29) is 11.3 Å². The summed E-state index contributed by atoms with van der Waals surface area (Å²) in [6.07, 6.45) is 1.07. The Hall–Kier alpha value is -2.00. The van der Waals surface area contributed by atoms with Gasteiger partial charge in [-0.25, -0.2) is 0 Å². The Labute approximate surface area is 142 Å². The largest absolute Gasteiger partial charge is 0.399 e. The van der Waals surface area contributed by atoms with Gasteiger partial charge in [0.15, 0.2) is 0 Å². The van der Waals surface area contributed by atoms with Crippen molar-refractivity contribution in [1.29, 1.82) is 0 Å². The van der Waals surface area contributed by atoms with Crippen molar-refractivity contribution < 1.29 is 4.79 Å². The first-order valence-electron chi connectivity index (χ1n) is 7.75. The van der Waals surface area contributed by atoms with Gasteiger partial charge < -0.3 is 11.1 Å². The summed E-state index contributed by atoms with van der Waals surface area (Å²) < 4.78 is 0. The zero-order valence-electron chi connectivity index (χ0n) is 13.6. The van der Waals surface area contributed by atoms with Gasteiger partial charge in [0.25, 0.3) is 0 Å². The van der Waals surface area contributed by atoms with Gasteiger partial charge in [0.2, 0.25) is 5.91 Å². The molecule has 0 atom stereocenters. The molecule has 0 heterocycles. The number of para-hydroxylation sites is 1. The van der Waals surface area contributed by atoms with Crippen LogP contribution < -0.4 is 11.1 Å². The van der Waals surface area contributed by atoms with E-state index in [4.69, 9.17) is 17.3 Å². The number of carbonyl (C=O) groups excluding carboxylic acids is 1. The lowest BCUT2D eigenvalue weighted by Crippen LogP contribution is -2.37. The first-order chi connectivity index (χ1) is 10.9. The fourth-order valence-corrected chi connectivity index (χ4v) is 2.91. The molecule has 0 spiro atoms. The predicted octanol–water partition coefficient (Wildman–Crippen LogP) is 3.95. The van der Waals surface area contributed by atoms with Crippen LogP contribution in [0.5, 0.6) is 0 Å². The molecule has 0 aliphatic carbocycles. The van der Waals surface area contributed by atoms with E-state index in [9.17, 15) is 4.79 Å². The zero-order valence-corrected chi connectivity index (χ0v) is 14.4. The Morgan fingerprint density at radius 3 is 2.48 bits per heavy atom. The van der Waals surface area contributed by atoms with Crippen LogP contribution in [0.15, 0.2) is 48.5 Å². The van der Waals surface area contributed by atoms with E-state index in [1.807, 2.05) is 48.5 Å². The molecule has 0 bridgehead atoms. The molecule has 0 saturated carbocycles. The summed E-state index contributed by atoms with van der Waals surface area (Å²) in [6, 6.07) is 15.4. The molecule has 0 aromatic heterocycles. The average Bonchev–Trinajstić information content (AvgIpc) is 2.52. The van der Waals surface area contributed by atoms with Crippen LogP contribution in [0, 0.1) is 0 Å². The minimum atomic E-state index is -0.222. The number of nitrogen functional groups attached to an aromatic ring is 1. The van der Waals surface area contributed by atoms with Crippen LogP contribution in [0.1, 0.15) is 31.4 Å². The summed E-state index contributed by atoms with van der Waals surface area (Å²) in [7, 11) is 0. The van der Waals surface area contributed by atoms with Gasteiger partial charge in [0.1, 0.15) is 0 Å². The van der Waals surface area contributed by atoms with E-state index >= 15 is 0 Å². The topological polar surface area (TPSA) is 55.1 Å². The lowest BCUT2D eigenvalue weighted by Gasteiger charge is -2.26. The maximum atomic E-state index is 12.1. The molecule has 0 radical (unpaired) electrons. The number of anilines is 1. The second-order valence-electron chi connectivity index (χ2n) is 6.34. The van der Waals surface area contributed by atoms with E-state index in [0.717, 1.165) is 21.8 Å². The van der Waals surface area contributed by atoms with Gasteiger partial charge in [-0.1, -0.05) is 61.8 Å². The smallest absolute Gasteiger partial charge is 0.220 e. The number of halogens is 1. The normalized spacial score (nSPS) is 11.3. The number of nitrogens with two attached hydrogens (primary N) is 1. The SMILES string of the molecule is CC(C)(CNC(=O)CCc1ccccc1N)c1ccccc1Cl. The third-order valence-electron chi connectivity index (χ3n) is 4.01. The number of hydrogen-bond donors (Lipinski definition) is 2. The van der Waals surface area contributed by atoms with Crippen molar-refractivity contribution in [3.05, 3.63) is 64.7 Å². The molecule has 122 valence electrons. The first kappa shape index (κ1) is 17.4. The molecular weight excluding hydrogens is 308 g/mol. The number of nitrogens with one attached hydrogen (secondary N) is 1. The van der Waals surface area contributed by atoms with E-state index in [1.54, 1.807) is 0 Å². The van der Waals surface area contributed by atoms with E-state index in [2.05, 4.69) is 19.2 Å². The van der Waals surface area contributed by atoms with Crippen molar-refractivity contribution in [2.24, 2.45) is 0 Å². The molecular formula is C19H23ClN2O. The van der Waals surface area contributed by atoms with Gasteiger partial charge in [0.05, 0.1) is 0 Å². The van der Waals surface area contributed by atoms with Crippen LogP contribution in [0.25, 0.3) is 0 Å². The highest BCUT2D eigenvalue weighted by atomic mass is 35.5. The summed E-state index contributed by atoms with van der Waals surface area (Å²) in [5, 5.41) is 3.73. The standard InChI is InChI=1S/C19H23ClN2O/c1-19(2,15-8-4-5-9-16(15)20)13-22-18(23)12-11-14-7-3-6-10-17(14)21/h3-10H,11-13,21H2,1-2H3,(H,22,23). The molecule has 4 heteroatoms. The number of rotatable bonds is 6. The fourth-order valence-electron chi connectivity index (χ4n) is 2.52. The lowest BCUT2D eigenvalue weighted by molar-refractivity contribution is -0.121. The number of amides is 1. The molecule has 1 amide bonds. The van der Waals surface area contributed by atoms with Crippen molar-refractivity contribution in [2.75, 3.05) is 12.3 Å². The Balaban J connectivity index is 1.89. The third kappa shape index (κ3) is 4.73. The van der Waals surface area contributed by atoms with Crippen LogP contribution in [-0.2, 0) is 16.6 Å². The van der Waals surface area contributed by atoms with Crippen molar-refractivity contribution >= 4 is 23.2 Å². The van der Waals surface area contributed by atoms with E-state index in [0.29, 0.717) is 19.4 Å². The molecule has 0 aliphatic heterocycles. The molecule has 23 heavy (non-hydrogen) atoms. The number of carbonyl (C=O) groups is 1. The Bertz CT molecular complexity index is 683. The Morgan fingerprint density at radius 1 is 1.13 bits per heavy atom. The predicted molar refractivity (Wildman–Crippen MR) is 96.7 cm³/mol. The quantitative estimate of drug-likeness (QED) is 0.788. The highest BCUT2D eigenvalue weighted by molar-refractivity contribution is 6.31. The molecule has 2 aromatic rings. The van der Waals surface area contributed by atoms with E-state index < -0.39 is 0 Å². The average molecular weight is 331 g/mol. The van der Waals surface area contributed by atoms with Crippen LogP contribution >= 0.6 is 11.6 Å².